The Bertz CT molecular complexity index is 717. The van der Waals surface area contributed by atoms with E-state index in [4.69, 9.17) is 4.98 Å². The first-order chi connectivity index (χ1) is 10.4. The summed E-state index contributed by atoms with van der Waals surface area (Å²) in [5.74, 6) is 0.495. The Morgan fingerprint density at radius 3 is 3.19 bits per heavy atom. The van der Waals surface area contributed by atoms with Crippen LogP contribution in [-0.4, -0.2) is 43.1 Å². The number of likely N-dealkylation sites (tertiary alicyclic amines) is 1. The average Bonchev–Trinajstić information content (AvgIpc) is 3.17. The van der Waals surface area contributed by atoms with Gasteiger partial charge in [0, 0.05) is 42.0 Å². The molecule has 1 aliphatic heterocycles. The summed E-state index contributed by atoms with van der Waals surface area (Å²) >= 11 is 0. The Hall–Kier alpha value is -2.21. The van der Waals surface area contributed by atoms with E-state index in [2.05, 4.69) is 37.2 Å². The number of fused-ring (bicyclic) bond motifs is 1. The van der Waals surface area contributed by atoms with Crippen molar-refractivity contribution in [1.29, 1.82) is 0 Å². The highest BCUT2D eigenvalue weighted by Gasteiger charge is 2.23. The highest BCUT2D eigenvalue weighted by atomic mass is 15.2. The van der Waals surface area contributed by atoms with Crippen LogP contribution in [0.5, 0.6) is 0 Å². The second-order valence-electron chi connectivity index (χ2n) is 5.70. The van der Waals surface area contributed by atoms with Crippen molar-refractivity contribution in [1.82, 2.24) is 30.0 Å². The monoisotopic (exact) mass is 282 g/mol. The van der Waals surface area contributed by atoms with Crippen molar-refractivity contribution < 1.29 is 0 Å². The molecule has 0 bridgehead atoms. The molecule has 1 aliphatic rings. The van der Waals surface area contributed by atoms with Gasteiger partial charge in [-0.3, -0.25) is 10.00 Å². The maximum Gasteiger partial charge on any atom is 0.155 e. The van der Waals surface area contributed by atoms with E-state index in [-0.39, 0.29) is 0 Å². The fourth-order valence-corrected chi connectivity index (χ4v) is 3.12. The van der Waals surface area contributed by atoms with Gasteiger partial charge in [-0.1, -0.05) is 0 Å². The second kappa shape index (κ2) is 5.29. The van der Waals surface area contributed by atoms with Crippen molar-refractivity contribution in [3.05, 3.63) is 42.2 Å². The largest absolute Gasteiger partial charge is 0.347 e. The normalized spacial score (nSPS) is 20.1. The maximum absolute atomic E-state index is 4.73. The van der Waals surface area contributed by atoms with Crippen molar-refractivity contribution in [2.75, 3.05) is 13.1 Å². The van der Waals surface area contributed by atoms with Crippen LogP contribution in [-0.2, 0) is 6.54 Å². The molecule has 3 aromatic heterocycles. The quantitative estimate of drug-likeness (QED) is 0.771. The zero-order valence-electron chi connectivity index (χ0n) is 11.8. The summed E-state index contributed by atoms with van der Waals surface area (Å²) in [6.07, 6.45) is 7.87. The third kappa shape index (κ3) is 2.54. The summed E-state index contributed by atoms with van der Waals surface area (Å²) < 4.78 is 0. The van der Waals surface area contributed by atoms with Crippen molar-refractivity contribution in [2.24, 2.45) is 0 Å². The Morgan fingerprint density at radius 2 is 2.29 bits per heavy atom. The lowest BCUT2D eigenvalue weighted by Gasteiger charge is -2.32. The average molecular weight is 282 g/mol. The predicted octanol–water partition coefficient (Wildman–Crippen LogP) is 2.06. The number of pyridine rings is 1. The number of H-pyrrole nitrogens is 2. The maximum atomic E-state index is 4.73. The molecule has 0 aliphatic carbocycles. The molecular formula is C15H18N6. The van der Waals surface area contributed by atoms with Gasteiger partial charge >= 0.3 is 0 Å². The summed E-state index contributed by atoms with van der Waals surface area (Å²) in [5.41, 5.74) is 3.23. The molecule has 0 unspecified atom stereocenters. The van der Waals surface area contributed by atoms with E-state index < -0.39 is 0 Å². The first-order valence-corrected chi connectivity index (χ1v) is 7.38. The van der Waals surface area contributed by atoms with Crippen LogP contribution in [0.1, 0.15) is 30.1 Å². The van der Waals surface area contributed by atoms with Gasteiger partial charge in [-0.05, 0) is 31.5 Å². The molecule has 4 heterocycles. The fourth-order valence-electron chi connectivity index (χ4n) is 3.12. The number of aromatic amines is 2. The van der Waals surface area contributed by atoms with Gasteiger partial charge in [0.1, 0.15) is 0 Å². The van der Waals surface area contributed by atoms with Gasteiger partial charge in [-0.2, -0.15) is 5.10 Å². The second-order valence-corrected chi connectivity index (χ2v) is 5.70. The van der Waals surface area contributed by atoms with Crippen LogP contribution in [0.15, 0.2) is 30.9 Å². The molecule has 21 heavy (non-hydrogen) atoms. The van der Waals surface area contributed by atoms with E-state index >= 15 is 0 Å². The Kier molecular flexibility index (Phi) is 3.16. The van der Waals surface area contributed by atoms with Crippen molar-refractivity contribution in [3.63, 3.8) is 0 Å². The Morgan fingerprint density at radius 1 is 1.29 bits per heavy atom. The third-order valence-corrected chi connectivity index (χ3v) is 4.19. The molecule has 1 atom stereocenters. The molecule has 0 saturated carbocycles. The SMILES string of the molecule is c1ncc(CN2CCC[C@@H](c3ccc4cn[nH]c4n3)C2)[nH]1. The molecule has 0 radical (unpaired) electrons. The molecule has 0 amide bonds. The number of piperidine rings is 1. The minimum atomic E-state index is 0.495. The summed E-state index contributed by atoms with van der Waals surface area (Å²) in [6.45, 7) is 3.12. The number of aromatic nitrogens is 5. The van der Waals surface area contributed by atoms with Crippen LogP contribution in [0.4, 0.5) is 0 Å². The van der Waals surface area contributed by atoms with Crippen molar-refractivity contribution in [3.8, 4) is 0 Å². The molecule has 0 aromatic carbocycles. The number of rotatable bonds is 3. The van der Waals surface area contributed by atoms with Crippen LogP contribution in [0.2, 0.25) is 0 Å². The van der Waals surface area contributed by atoms with Crippen LogP contribution in [0, 0.1) is 0 Å². The lowest BCUT2D eigenvalue weighted by atomic mass is 9.94. The molecule has 0 spiro atoms. The summed E-state index contributed by atoms with van der Waals surface area (Å²) in [7, 11) is 0. The molecule has 108 valence electrons. The molecule has 1 fully saturated rings. The highest BCUT2D eigenvalue weighted by molar-refractivity contribution is 5.73. The molecule has 6 nitrogen and oxygen atoms in total. The van der Waals surface area contributed by atoms with E-state index in [1.54, 1.807) is 6.33 Å². The number of hydrogen-bond donors (Lipinski definition) is 2. The Balaban J connectivity index is 1.51. The highest BCUT2D eigenvalue weighted by Crippen LogP contribution is 2.27. The van der Waals surface area contributed by atoms with Crippen LogP contribution < -0.4 is 0 Å². The standard InChI is InChI=1S/C15H18N6/c1-2-12(8-21(5-1)9-13-7-16-10-17-13)14-4-3-11-6-18-20-15(11)19-14/h3-4,6-7,10,12H,1-2,5,8-9H2,(H,16,17)(H,18,19,20)/t12-/m1/s1. The van der Waals surface area contributed by atoms with Gasteiger partial charge in [-0.25, -0.2) is 9.97 Å². The lowest BCUT2D eigenvalue weighted by molar-refractivity contribution is 0.197. The predicted molar refractivity (Wildman–Crippen MR) is 79.7 cm³/mol. The molecule has 2 N–H and O–H groups in total. The van der Waals surface area contributed by atoms with Crippen LogP contribution in [0.25, 0.3) is 11.0 Å². The van der Waals surface area contributed by atoms with Crippen LogP contribution in [0.3, 0.4) is 0 Å². The number of nitrogens with one attached hydrogen (secondary N) is 2. The minimum absolute atomic E-state index is 0.495. The first-order valence-electron chi connectivity index (χ1n) is 7.38. The first kappa shape index (κ1) is 12.5. The van der Waals surface area contributed by atoms with Gasteiger partial charge in [0.25, 0.3) is 0 Å². The van der Waals surface area contributed by atoms with E-state index in [1.807, 2.05) is 12.4 Å². The van der Waals surface area contributed by atoms with E-state index in [9.17, 15) is 0 Å². The third-order valence-electron chi connectivity index (χ3n) is 4.19. The van der Waals surface area contributed by atoms with Gasteiger partial charge < -0.3 is 4.98 Å². The molecule has 1 saturated heterocycles. The Labute approximate surface area is 122 Å². The van der Waals surface area contributed by atoms with Gasteiger partial charge in [0.2, 0.25) is 0 Å². The van der Waals surface area contributed by atoms with Crippen LogP contribution >= 0.6 is 0 Å². The van der Waals surface area contributed by atoms with Gasteiger partial charge in [0.05, 0.1) is 12.5 Å². The number of hydrogen-bond acceptors (Lipinski definition) is 4. The summed E-state index contributed by atoms with van der Waals surface area (Å²) in [4.78, 5) is 14.5. The van der Waals surface area contributed by atoms with E-state index in [0.717, 1.165) is 30.7 Å². The van der Waals surface area contributed by atoms with Crippen molar-refractivity contribution in [2.45, 2.75) is 25.3 Å². The molecule has 3 aromatic rings. The van der Waals surface area contributed by atoms with E-state index in [1.165, 1.54) is 24.2 Å². The number of nitrogens with zero attached hydrogens (tertiary/aromatic N) is 4. The smallest absolute Gasteiger partial charge is 0.155 e. The minimum Gasteiger partial charge on any atom is -0.347 e. The van der Waals surface area contributed by atoms with Gasteiger partial charge in [-0.15, -0.1) is 0 Å². The summed E-state index contributed by atoms with van der Waals surface area (Å²) in [6, 6.07) is 4.25. The number of imidazole rings is 1. The summed E-state index contributed by atoms with van der Waals surface area (Å²) in [5, 5.41) is 8.08. The fraction of sp³-hybridized carbons (Fsp3) is 0.400. The molecule has 6 heteroatoms. The van der Waals surface area contributed by atoms with Crippen molar-refractivity contribution >= 4 is 11.0 Å². The zero-order valence-corrected chi connectivity index (χ0v) is 11.8. The van der Waals surface area contributed by atoms with E-state index in [0.29, 0.717) is 5.92 Å². The van der Waals surface area contributed by atoms with Gasteiger partial charge in [0.15, 0.2) is 5.65 Å². The molecule has 4 rings (SSSR count). The lowest BCUT2D eigenvalue weighted by Crippen LogP contribution is -2.34. The topological polar surface area (TPSA) is 73.5 Å². The zero-order chi connectivity index (χ0) is 14.1. The molecular weight excluding hydrogens is 264 g/mol.